The number of rotatable bonds is 6. The van der Waals surface area contributed by atoms with Crippen LogP contribution in [0.25, 0.3) is 0 Å². The molecule has 0 radical (unpaired) electrons. The number of carboxylic acids is 1. The van der Waals surface area contributed by atoms with Gasteiger partial charge < -0.3 is 21.9 Å². The number of aliphatic carboxylic acids is 1. The topological polar surface area (TPSA) is 136 Å². The van der Waals surface area contributed by atoms with Crippen molar-refractivity contribution in [2.75, 3.05) is 5.32 Å². The fraction of sp³-hybridized carbons (Fsp3) is 0.308. The van der Waals surface area contributed by atoms with Crippen LogP contribution in [0.15, 0.2) is 18.2 Å². The predicted octanol–water partition coefficient (Wildman–Crippen LogP) is 0.225. The van der Waals surface area contributed by atoms with Crippen LogP contribution in [0.5, 0.6) is 0 Å². The summed E-state index contributed by atoms with van der Waals surface area (Å²) in [5.41, 5.74) is 12.3. The largest absolute Gasteiger partial charge is 0.481 e. The fourth-order valence-electron chi connectivity index (χ4n) is 1.59. The number of anilines is 1. The van der Waals surface area contributed by atoms with Crippen molar-refractivity contribution in [1.29, 1.82) is 0 Å². The summed E-state index contributed by atoms with van der Waals surface area (Å²) in [6.07, 6.45) is -0.117. The predicted molar refractivity (Wildman–Crippen MR) is 73.2 cm³/mol. The Morgan fingerprint density at radius 3 is 2.50 bits per heavy atom. The van der Waals surface area contributed by atoms with E-state index >= 15 is 0 Å². The van der Waals surface area contributed by atoms with Crippen LogP contribution in [-0.2, 0) is 9.59 Å². The monoisotopic (exact) mass is 279 g/mol. The second kappa shape index (κ2) is 6.67. The molecule has 1 atom stereocenters. The standard InChI is InChI=1S/C13H17N3O4/c1-7-6-8(12(15)19)2-4-10(7)16-13(20)9(14)3-5-11(17)18/h2,4,6,9H,3,5,14H2,1H3,(H2,15,19)(H,16,20)(H,17,18). The summed E-state index contributed by atoms with van der Waals surface area (Å²) in [7, 11) is 0. The molecule has 1 aromatic rings. The van der Waals surface area contributed by atoms with Gasteiger partial charge in [0.2, 0.25) is 11.8 Å². The molecule has 0 saturated heterocycles. The fourth-order valence-corrected chi connectivity index (χ4v) is 1.59. The number of primary amides is 1. The second-order valence-corrected chi connectivity index (χ2v) is 4.42. The Balaban J connectivity index is 2.70. The van der Waals surface area contributed by atoms with E-state index in [4.69, 9.17) is 16.6 Å². The first kappa shape index (κ1) is 15.6. The van der Waals surface area contributed by atoms with Crippen LogP contribution in [0, 0.1) is 6.92 Å². The van der Waals surface area contributed by atoms with Crippen molar-refractivity contribution in [3.8, 4) is 0 Å². The third-order valence-corrected chi connectivity index (χ3v) is 2.77. The molecular formula is C13H17N3O4. The Hall–Kier alpha value is -2.41. The molecule has 20 heavy (non-hydrogen) atoms. The number of carboxylic acid groups (broad SMARTS) is 1. The number of nitrogens with one attached hydrogen (secondary N) is 1. The smallest absolute Gasteiger partial charge is 0.303 e. The summed E-state index contributed by atoms with van der Waals surface area (Å²) in [5.74, 6) is -2.03. The van der Waals surface area contributed by atoms with Gasteiger partial charge in [0.15, 0.2) is 0 Å². The maximum atomic E-state index is 11.8. The highest BCUT2D eigenvalue weighted by atomic mass is 16.4. The summed E-state index contributed by atoms with van der Waals surface area (Å²) in [6, 6.07) is 3.70. The van der Waals surface area contributed by atoms with E-state index in [0.29, 0.717) is 16.8 Å². The second-order valence-electron chi connectivity index (χ2n) is 4.42. The van der Waals surface area contributed by atoms with Crippen LogP contribution >= 0.6 is 0 Å². The van der Waals surface area contributed by atoms with E-state index in [2.05, 4.69) is 5.32 Å². The SMILES string of the molecule is Cc1cc(C(N)=O)ccc1NC(=O)C(N)CCC(=O)O. The molecule has 7 heteroatoms. The normalized spacial score (nSPS) is 11.7. The molecule has 6 N–H and O–H groups in total. The molecule has 1 rings (SSSR count). The van der Waals surface area contributed by atoms with E-state index in [0.717, 1.165) is 0 Å². The molecule has 2 amide bonds. The number of hydrogen-bond acceptors (Lipinski definition) is 4. The zero-order valence-electron chi connectivity index (χ0n) is 11.1. The lowest BCUT2D eigenvalue weighted by Crippen LogP contribution is -2.36. The van der Waals surface area contributed by atoms with E-state index in [9.17, 15) is 14.4 Å². The minimum Gasteiger partial charge on any atom is -0.481 e. The number of aryl methyl sites for hydroxylation is 1. The summed E-state index contributed by atoms with van der Waals surface area (Å²) in [4.78, 5) is 33.2. The van der Waals surface area contributed by atoms with Crippen LogP contribution in [0.3, 0.4) is 0 Å². The molecule has 0 aliphatic heterocycles. The highest BCUT2D eigenvalue weighted by Gasteiger charge is 2.16. The van der Waals surface area contributed by atoms with E-state index in [1.807, 2.05) is 0 Å². The summed E-state index contributed by atoms with van der Waals surface area (Å²) >= 11 is 0. The molecule has 0 saturated carbocycles. The first-order valence-electron chi connectivity index (χ1n) is 6.00. The van der Waals surface area contributed by atoms with Gasteiger partial charge in [0, 0.05) is 17.7 Å². The number of nitrogens with two attached hydrogens (primary N) is 2. The van der Waals surface area contributed by atoms with E-state index in [1.165, 1.54) is 6.07 Å². The molecule has 1 aromatic carbocycles. The summed E-state index contributed by atoms with van der Waals surface area (Å²) in [5, 5.41) is 11.1. The van der Waals surface area contributed by atoms with E-state index in [1.54, 1.807) is 19.1 Å². The van der Waals surface area contributed by atoms with Crippen molar-refractivity contribution in [1.82, 2.24) is 0 Å². The highest BCUT2D eigenvalue weighted by molar-refractivity contribution is 5.97. The van der Waals surface area contributed by atoms with Crippen LogP contribution < -0.4 is 16.8 Å². The van der Waals surface area contributed by atoms with E-state index < -0.39 is 23.8 Å². The van der Waals surface area contributed by atoms with Gasteiger partial charge in [-0.15, -0.1) is 0 Å². The van der Waals surface area contributed by atoms with Crippen LogP contribution in [0.1, 0.15) is 28.8 Å². The Morgan fingerprint density at radius 2 is 2.00 bits per heavy atom. The molecule has 0 bridgehead atoms. The average Bonchev–Trinajstić information content (AvgIpc) is 2.37. The van der Waals surface area contributed by atoms with E-state index in [-0.39, 0.29) is 12.8 Å². The Labute approximate surface area is 115 Å². The third-order valence-electron chi connectivity index (χ3n) is 2.77. The van der Waals surface area contributed by atoms with Gasteiger partial charge in [0.1, 0.15) is 0 Å². The molecule has 0 fully saturated rings. The van der Waals surface area contributed by atoms with Gasteiger partial charge in [-0.1, -0.05) is 0 Å². The number of carbonyl (C=O) groups excluding carboxylic acids is 2. The minimum atomic E-state index is -1.00. The quantitative estimate of drug-likeness (QED) is 0.590. The van der Waals surface area contributed by atoms with Gasteiger partial charge in [-0.05, 0) is 37.1 Å². The van der Waals surface area contributed by atoms with Gasteiger partial charge >= 0.3 is 5.97 Å². The number of amides is 2. The zero-order chi connectivity index (χ0) is 15.3. The molecule has 0 spiro atoms. The summed E-state index contributed by atoms with van der Waals surface area (Å²) in [6.45, 7) is 1.71. The van der Waals surface area contributed by atoms with Crippen molar-refractivity contribution in [2.24, 2.45) is 11.5 Å². The van der Waals surface area contributed by atoms with Gasteiger partial charge in [0.25, 0.3) is 0 Å². The highest BCUT2D eigenvalue weighted by Crippen LogP contribution is 2.16. The van der Waals surface area contributed by atoms with Crippen molar-refractivity contribution in [3.05, 3.63) is 29.3 Å². The first-order valence-corrected chi connectivity index (χ1v) is 6.00. The molecule has 0 heterocycles. The van der Waals surface area contributed by atoms with Gasteiger partial charge in [-0.25, -0.2) is 0 Å². The number of carbonyl (C=O) groups is 3. The third kappa shape index (κ3) is 4.36. The van der Waals surface area contributed by atoms with Crippen molar-refractivity contribution in [3.63, 3.8) is 0 Å². The van der Waals surface area contributed by atoms with Crippen LogP contribution in [0.2, 0.25) is 0 Å². The lowest BCUT2D eigenvalue weighted by molar-refractivity contribution is -0.137. The number of hydrogen-bond donors (Lipinski definition) is 4. The van der Waals surface area contributed by atoms with Crippen molar-refractivity contribution < 1.29 is 19.5 Å². The minimum absolute atomic E-state index is 0.0551. The van der Waals surface area contributed by atoms with Gasteiger partial charge in [0.05, 0.1) is 6.04 Å². The Bertz CT molecular complexity index is 542. The summed E-state index contributed by atoms with van der Waals surface area (Å²) < 4.78 is 0. The average molecular weight is 279 g/mol. The lowest BCUT2D eigenvalue weighted by Gasteiger charge is -2.13. The molecule has 1 unspecified atom stereocenters. The van der Waals surface area contributed by atoms with Crippen LogP contribution in [-0.4, -0.2) is 28.9 Å². The molecular weight excluding hydrogens is 262 g/mol. The Kier molecular flexibility index (Phi) is 5.22. The lowest BCUT2D eigenvalue weighted by atomic mass is 10.1. The molecule has 7 nitrogen and oxygen atoms in total. The number of benzene rings is 1. The van der Waals surface area contributed by atoms with Crippen molar-refractivity contribution >= 4 is 23.5 Å². The molecule has 108 valence electrons. The molecule has 0 aromatic heterocycles. The van der Waals surface area contributed by atoms with Gasteiger partial charge in [-0.2, -0.15) is 0 Å². The maximum Gasteiger partial charge on any atom is 0.303 e. The molecule has 0 aliphatic rings. The Morgan fingerprint density at radius 1 is 1.35 bits per heavy atom. The van der Waals surface area contributed by atoms with Gasteiger partial charge in [-0.3, -0.25) is 14.4 Å². The molecule has 0 aliphatic carbocycles. The van der Waals surface area contributed by atoms with Crippen molar-refractivity contribution in [2.45, 2.75) is 25.8 Å². The van der Waals surface area contributed by atoms with Crippen LogP contribution in [0.4, 0.5) is 5.69 Å². The first-order chi connectivity index (χ1) is 9.31. The zero-order valence-corrected chi connectivity index (χ0v) is 11.1. The maximum absolute atomic E-state index is 11.8.